The summed E-state index contributed by atoms with van der Waals surface area (Å²) in [6.07, 6.45) is 2.49. The first-order valence-electron chi connectivity index (χ1n) is 6.57. The smallest absolute Gasteiger partial charge is 0.127 e. The molecule has 0 amide bonds. The lowest BCUT2D eigenvalue weighted by molar-refractivity contribution is 0.384. The quantitative estimate of drug-likeness (QED) is 0.888. The Bertz CT molecular complexity index is 548. The van der Waals surface area contributed by atoms with Crippen LogP contribution in [-0.4, -0.2) is 19.7 Å². The van der Waals surface area contributed by atoms with E-state index >= 15 is 0 Å². The van der Waals surface area contributed by atoms with Crippen molar-refractivity contribution in [2.75, 3.05) is 13.7 Å². The van der Waals surface area contributed by atoms with Crippen LogP contribution in [0, 0.1) is 0 Å². The zero-order valence-corrected chi connectivity index (χ0v) is 11.7. The molecular formula is C15H19NOS. The van der Waals surface area contributed by atoms with Gasteiger partial charge in [-0.05, 0) is 50.4 Å². The molecule has 96 valence electrons. The van der Waals surface area contributed by atoms with Gasteiger partial charge in [-0.3, -0.25) is 0 Å². The molecule has 2 atom stereocenters. The maximum atomic E-state index is 5.44. The molecule has 0 radical (unpaired) electrons. The molecule has 0 unspecified atom stereocenters. The summed E-state index contributed by atoms with van der Waals surface area (Å²) in [5, 5.41) is 4.79. The Kier molecular flexibility index (Phi) is 3.27. The molecule has 2 nitrogen and oxygen atoms in total. The third kappa shape index (κ3) is 2.13. The van der Waals surface area contributed by atoms with Crippen LogP contribution in [0.3, 0.4) is 0 Å². The minimum absolute atomic E-state index is 0.635. The van der Waals surface area contributed by atoms with Gasteiger partial charge in [0, 0.05) is 21.0 Å². The molecule has 3 heteroatoms. The summed E-state index contributed by atoms with van der Waals surface area (Å²) in [5.74, 6) is 1.71. The molecule has 3 rings (SSSR count). The van der Waals surface area contributed by atoms with E-state index in [9.17, 15) is 0 Å². The zero-order chi connectivity index (χ0) is 12.5. The third-order valence-electron chi connectivity index (χ3n) is 3.79. The minimum atomic E-state index is 0.635. The SMILES string of the molecule is COc1cccc2sc([C@@H]3CCN[C@@H](C)C3)cc12. The number of fused-ring (bicyclic) bond motifs is 1. The number of hydrogen-bond donors (Lipinski definition) is 1. The highest BCUT2D eigenvalue weighted by Crippen LogP contribution is 2.39. The van der Waals surface area contributed by atoms with E-state index in [0.29, 0.717) is 12.0 Å². The molecule has 0 spiro atoms. The summed E-state index contributed by atoms with van der Waals surface area (Å²) in [6, 6.07) is 9.28. The first kappa shape index (κ1) is 12.0. The molecule has 1 N–H and O–H groups in total. The van der Waals surface area contributed by atoms with E-state index in [0.717, 1.165) is 12.3 Å². The van der Waals surface area contributed by atoms with Crippen LogP contribution in [0.4, 0.5) is 0 Å². The molecule has 2 heterocycles. The number of thiophene rings is 1. The average molecular weight is 261 g/mol. The number of ether oxygens (including phenoxy) is 1. The second kappa shape index (κ2) is 4.90. The highest BCUT2D eigenvalue weighted by Gasteiger charge is 2.22. The maximum absolute atomic E-state index is 5.44. The van der Waals surface area contributed by atoms with Crippen LogP contribution in [-0.2, 0) is 0 Å². The summed E-state index contributed by atoms with van der Waals surface area (Å²) in [4.78, 5) is 1.52. The first-order chi connectivity index (χ1) is 8.78. The number of methoxy groups -OCH3 is 1. The Morgan fingerprint density at radius 3 is 3.06 bits per heavy atom. The molecule has 1 saturated heterocycles. The van der Waals surface area contributed by atoms with E-state index in [1.807, 2.05) is 17.4 Å². The van der Waals surface area contributed by atoms with Crippen molar-refractivity contribution >= 4 is 21.4 Å². The van der Waals surface area contributed by atoms with E-state index in [1.165, 1.54) is 27.8 Å². The predicted octanol–water partition coefficient (Wildman–Crippen LogP) is 3.77. The number of hydrogen-bond acceptors (Lipinski definition) is 3. The Labute approximate surface area is 112 Å². The van der Waals surface area contributed by atoms with Gasteiger partial charge in [0.1, 0.15) is 5.75 Å². The van der Waals surface area contributed by atoms with Crippen molar-refractivity contribution in [1.82, 2.24) is 5.32 Å². The van der Waals surface area contributed by atoms with Crippen LogP contribution in [0.2, 0.25) is 0 Å². The van der Waals surface area contributed by atoms with Crippen LogP contribution in [0.25, 0.3) is 10.1 Å². The van der Waals surface area contributed by atoms with Gasteiger partial charge in [0.25, 0.3) is 0 Å². The lowest BCUT2D eigenvalue weighted by Crippen LogP contribution is -2.34. The third-order valence-corrected chi connectivity index (χ3v) is 5.05. The minimum Gasteiger partial charge on any atom is -0.496 e. The summed E-state index contributed by atoms with van der Waals surface area (Å²) >= 11 is 1.93. The van der Waals surface area contributed by atoms with Gasteiger partial charge in [0.15, 0.2) is 0 Å². The van der Waals surface area contributed by atoms with Gasteiger partial charge in [-0.1, -0.05) is 6.07 Å². The van der Waals surface area contributed by atoms with Crippen LogP contribution in [0.5, 0.6) is 5.75 Å². The van der Waals surface area contributed by atoms with Crippen LogP contribution in [0.1, 0.15) is 30.6 Å². The molecular weight excluding hydrogens is 242 g/mol. The van der Waals surface area contributed by atoms with E-state index in [4.69, 9.17) is 4.74 Å². The van der Waals surface area contributed by atoms with Crippen molar-refractivity contribution in [3.63, 3.8) is 0 Å². The molecule has 0 bridgehead atoms. The number of nitrogens with one attached hydrogen (secondary N) is 1. The standard InChI is InChI=1S/C15H19NOS/c1-10-8-11(6-7-16-10)15-9-12-13(17-2)4-3-5-14(12)18-15/h3-5,9-11,16H,6-8H2,1-2H3/t10-,11+/m0/s1. The second-order valence-electron chi connectivity index (χ2n) is 5.10. The molecule has 1 aliphatic rings. The topological polar surface area (TPSA) is 21.3 Å². The lowest BCUT2D eigenvalue weighted by atomic mass is 9.92. The van der Waals surface area contributed by atoms with Crippen molar-refractivity contribution in [2.45, 2.75) is 31.7 Å². The number of benzene rings is 1. The molecule has 0 aliphatic carbocycles. The van der Waals surface area contributed by atoms with Crippen LogP contribution in [0.15, 0.2) is 24.3 Å². The van der Waals surface area contributed by atoms with E-state index in [1.54, 1.807) is 7.11 Å². The number of piperidine rings is 1. The van der Waals surface area contributed by atoms with Crippen LogP contribution < -0.4 is 10.1 Å². The Balaban J connectivity index is 1.97. The second-order valence-corrected chi connectivity index (χ2v) is 6.21. The molecule has 1 fully saturated rings. The molecule has 1 aliphatic heterocycles. The highest BCUT2D eigenvalue weighted by molar-refractivity contribution is 7.19. The monoisotopic (exact) mass is 261 g/mol. The molecule has 2 aromatic rings. The van der Waals surface area contributed by atoms with Gasteiger partial charge in [-0.2, -0.15) is 0 Å². The lowest BCUT2D eigenvalue weighted by Gasteiger charge is -2.27. The van der Waals surface area contributed by atoms with Gasteiger partial charge >= 0.3 is 0 Å². The van der Waals surface area contributed by atoms with Gasteiger partial charge in [0.05, 0.1) is 7.11 Å². The number of rotatable bonds is 2. The largest absolute Gasteiger partial charge is 0.496 e. The van der Waals surface area contributed by atoms with Crippen LogP contribution >= 0.6 is 11.3 Å². The Morgan fingerprint density at radius 2 is 2.28 bits per heavy atom. The Hall–Kier alpha value is -1.06. The fourth-order valence-corrected chi connectivity index (χ4v) is 4.05. The molecule has 1 aromatic carbocycles. The fourth-order valence-electron chi connectivity index (χ4n) is 2.82. The van der Waals surface area contributed by atoms with Crippen molar-refractivity contribution in [3.05, 3.63) is 29.1 Å². The van der Waals surface area contributed by atoms with Crippen molar-refractivity contribution < 1.29 is 4.74 Å². The summed E-state index contributed by atoms with van der Waals surface area (Å²) < 4.78 is 6.79. The maximum Gasteiger partial charge on any atom is 0.127 e. The predicted molar refractivity (Wildman–Crippen MR) is 77.8 cm³/mol. The first-order valence-corrected chi connectivity index (χ1v) is 7.39. The van der Waals surface area contributed by atoms with E-state index < -0.39 is 0 Å². The van der Waals surface area contributed by atoms with Gasteiger partial charge in [0.2, 0.25) is 0 Å². The Morgan fingerprint density at radius 1 is 1.39 bits per heavy atom. The fraction of sp³-hybridized carbons (Fsp3) is 0.467. The van der Waals surface area contributed by atoms with Gasteiger partial charge in [-0.15, -0.1) is 11.3 Å². The zero-order valence-electron chi connectivity index (χ0n) is 10.9. The molecule has 0 saturated carbocycles. The van der Waals surface area contributed by atoms with Gasteiger partial charge in [-0.25, -0.2) is 0 Å². The van der Waals surface area contributed by atoms with Crippen molar-refractivity contribution in [3.8, 4) is 5.75 Å². The summed E-state index contributed by atoms with van der Waals surface area (Å²) in [5.41, 5.74) is 0. The summed E-state index contributed by atoms with van der Waals surface area (Å²) in [7, 11) is 1.75. The van der Waals surface area contributed by atoms with Gasteiger partial charge < -0.3 is 10.1 Å². The highest BCUT2D eigenvalue weighted by atomic mass is 32.1. The van der Waals surface area contributed by atoms with Crippen molar-refractivity contribution in [1.29, 1.82) is 0 Å². The van der Waals surface area contributed by atoms with E-state index in [2.05, 4.69) is 30.4 Å². The average Bonchev–Trinajstić information content (AvgIpc) is 2.82. The molecule has 1 aromatic heterocycles. The summed E-state index contributed by atoms with van der Waals surface area (Å²) in [6.45, 7) is 3.41. The van der Waals surface area contributed by atoms with Crippen molar-refractivity contribution in [2.24, 2.45) is 0 Å². The normalized spacial score (nSPS) is 24.3. The molecule has 18 heavy (non-hydrogen) atoms. The van der Waals surface area contributed by atoms with E-state index in [-0.39, 0.29) is 0 Å².